The minimum Gasteiger partial charge on any atom is -0.314 e. The lowest BCUT2D eigenvalue weighted by Gasteiger charge is -2.37. The monoisotopic (exact) mass is 206 g/mol. The predicted molar refractivity (Wildman–Crippen MR) is 60.8 cm³/mol. The quantitative estimate of drug-likeness (QED) is 0.701. The molecule has 4 fully saturated rings. The molecule has 0 aromatic carbocycles. The van der Waals surface area contributed by atoms with Gasteiger partial charge in [-0.15, -0.1) is 0 Å². The van der Waals surface area contributed by atoms with Crippen molar-refractivity contribution in [2.45, 2.75) is 44.1 Å². The minimum atomic E-state index is 0.645. The topological polar surface area (TPSA) is 15.3 Å². The molecule has 3 atom stereocenters. The van der Waals surface area contributed by atoms with Crippen molar-refractivity contribution in [2.75, 3.05) is 26.2 Å². The summed E-state index contributed by atoms with van der Waals surface area (Å²) in [5.74, 6) is 1.07. The first-order valence-electron chi connectivity index (χ1n) is 6.86. The fraction of sp³-hybridized carbons (Fsp3) is 1.00. The summed E-state index contributed by atoms with van der Waals surface area (Å²) in [4.78, 5) is 2.88. The summed E-state index contributed by atoms with van der Waals surface area (Å²) in [5.41, 5.74) is 1.38. The maximum atomic E-state index is 3.68. The second-order valence-corrected chi connectivity index (χ2v) is 6.18. The van der Waals surface area contributed by atoms with E-state index in [0.29, 0.717) is 5.54 Å². The molecule has 15 heavy (non-hydrogen) atoms. The molecule has 4 aliphatic rings. The number of rotatable bonds is 1. The molecule has 0 bridgehead atoms. The van der Waals surface area contributed by atoms with Crippen LogP contribution in [-0.2, 0) is 0 Å². The van der Waals surface area contributed by atoms with Crippen LogP contribution >= 0.6 is 0 Å². The standard InChI is InChI=1S/C13H22N2/c1-2-7-15(8-3-1)13-10-14-9-12(13)6-4-5-11(12)13/h11,14H,1-10H2/t11-,12-,13+/m0/s1. The molecule has 4 rings (SSSR count). The van der Waals surface area contributed by atoms with Gasteiger partial charge >= 0.3 is 0 Å². The van der Waals surface area contributed by atoms with Gasteiger partial charge in [-0.25, -0.2) is 0 Å². The Bertz CT molecular complexity index is 280. The smallest absolute Gasteiger partial charge is 0.0440 e. The van der Waals surface area contributed by atoms with E-state index in [1.807, 2.05) is 0 Å². The molecule has 2 nitrogen and oxygen atoms in total. The van der Waals surface area contributed by atoms with Gasteiger partial charge in [-0.3, -0.25) is 4.90 Å². The average molecular weight is 206 g/mol. The number of piperidine rings is 2. The molecule has 2 saturated heterocycles. The maximum Gasteiger partial charge on any atom is 0.0440 e. The van der Waals surface area contributed by atoms with E-state index in [2.05, 4.69) is 10.2 Å². The molecule has 0 radical (unpaired) electrons. The molecule has 0 aromatic heterocycles. The van der Waals surface area contributed by atoms with E-state index >= 15 is 0 Å². The van der Waals surface area contributed by atoms with Crippen LogP contribution in [0.4, 0.5) is 0 Å². The van der Waals surface area contributed by atoms with Crippen LogP contribution in [0, 0.1) is 11.3 Å². The van der Waals surface area contributed by atoms with E-state index in [9.17, 15) is 0 Å². The summed E-state index contributed by atoms with van der Waals surface area (Å²) < 4.78 is 0. The van der Waals surface area contributed by atoms with Crippen LogP contribution in [0.2, 0.25) is 0 Å². The van der Waals surface area contributed by atoms with Crippen LogP contribution in [-0.4, -0.2) is 36.6 Å². The SMILES string of the molecule is C1CCN([C@@]23CNC[C@]24CCC[C@@H]43)CC1. The lowest BCUT2D eigenvalue weighted by molar-refractivity contribution is 0.116. The van der Waals surface area contributed by atoms with Gasteiger partial charge in [-0.05, 0) is 44.7 Å². The van der Waals surface area contributed by atoms with Crippen LogP contribution < -0.4 is 5.32 Å². The van der Waals surface area contributed by atoms with Crippen LogP contribution in [0.5, 0.6) is 0 Å². The van der Waals surface area contributed by atoms with Crippen LogP contribution in [0.3, 0.4) is 0 Å². The molecular formula is C13H22N2. The number of hydrogen-bond acceptors (Lipinski definition) is 2. The second-order valence-electron chi connectivity index (χ2n) is 6.18. The Kier molecular flexibility index (Phi) is 1.67. The van der Waals surface area contributed by atoms with Gasteiger partial charge < -0.3 is 5.32 Å². The van der Waals surface area contributed by atoms with Gasteiger partial charge in [-0.2, -0.15) is 0 Å². The van der Waals surface area contributed by atoms with E-state index in [1.54, 1.807) is 0 Å². The van der Waals surface area contributed by atoms with E-state index < -0.39 is 0 Å². The zero-order chi connectivity index (χ0) is 9.93. The third kappa shape index (κ3) is 0.861. The predicted octanol–water partition coefficient (Wildman–Crippen LogP) is 1.61. The van der Waals surface area contributed by atoms with Crippen molar-refractivity contribution < 1.29 is 0 Å². The fourth-order valence-electron chi connectivity index (χ4n) is 5.35. The third-order valence-electron chi connectivity index (χ3n) is 5.89. The molecule has 2 heterocycles. The molecule has 1 N–H and O–H groups in total. The normalized spacial score (nSPS) is 54.0. The number of nitrogens with one attached hydrogen (secondary N) is 1. The summed E-state index contributed by atoms with van der Waals surface area (Å²) >= 11 is 0. The number of fused-ring (bicyclic) bond motifs is 1. The van der Waals surface area contributed by atoms with Gasteiger partial charge in [0.1, 0.15) is 0 Å². The molecule has 2 aliphatic heterocycles. The van der Waals surface area contributed by atoms with Crippen molar-refractivity contribution in [2.24, 2.45) is 11.3 Å². The van der Waals surface area contributed by atoms with Crippen LogP contribution in [0.1, 0.15) is 38.5 Å². The van der Waals surface area contributed by atoms with Gasteiger partial charge in [-0.1, -0.05) is 12.8 Å². The molecule has 2 aliphatic carbocycles. The Labute approximate surface area is 92.4 Å². The molecule has 2 heteroatoms. The highest BCUT2D eigenvalue weighted by atomic mass is 15.3. The molecule has 84 valence electrons. The summed E-state index contributed by atoms with van der Waals surface area (Å²) in [5, 5.41) is 3.68. The lowest BCUT2D eigenvalue weighted by Crippen LogP contribution is -2.47. The van der Waals surface area contributed by atoms with Gasteiger partial charge in [0, 0.05) is 24.0 Å². The Morgan fingerprint density at radius 1 is 1.00 bits per heavy atom. The van der Waals surface area contributed by atoms with Gasteiger partial charge in [0.25, 0.3) is 0 Å². The molecule has 1 spiro atoms. The highest BCUT2D eigenvalue weighted by Gasteiger charge is 2.81. The highest BCUT2D eigenvalue weighted by Crippen LogP contribution is 2.75. The first-order valence-corrected chi connectivity index (χ1v) is 6.86. The molecule has 2 saturated carbocycles. The largest absolute Gasteiger partial charge is 0.314 e. The van der Waals surface area contributed by atoms with E-state index in [4.69, 9.17) is 0 Å². The summed E-state index contributed by atoms with van der Waals surface area (Å²) in [7, 11) is 0. The van der Waals surface area contributed by atoms with Gasteiger partial charge in [0.05, 0.1) is 0 Å². The number of likely N-dealkylation sites (tertiary alicyclic amines) is 1. The minimum absolute atomic E-state index is 0.645. The number of hydrogen-bond donors (Lipinski definition) is 1. The molecule has 0 amide bonds. The van der Waals surface area contributed by atoms with Crippen molar-refractivity contribution in [1.82, 2.24) is 10.2 Å². The molecular weight excluding hydrogens is 184 g/mol. The van der Waals surface area contributed by atoms with Gasteiger partial charge in [0.2, 0.25) is 0 Å². The lowest BCUT2D eigenvalue weighted by atomic mass is 9.95. The molecule has 0 aromatic rings. The van der Waals surface area contributed by atoms with E-state index in [1.165, 1.54) is 64.7 Å². The average Bonchev–Trinajstić information content (AvgIpc) is 2.70. The van der Waals surface area contributed by atoms with Crippen molar-refractivity contribution in [1.29, 1.82) is 0 Å². The van der Waals surface area contributed by atoms with Crippen LogP contribution in [0.15, 0.2) is 0 Å². The van der Waals surface area contributed by atoms with Crippen LogP contribution in [0.25, 0.3) is 0 Å². The molecule has 0 unspecified atom stereocenters. The highest BCUT2D eigenvalue weighted by molar-refractivity contribution is 5.35. The summed E-state index contributed by atoms with van der Waals surface area (Å²) in [6.07, 6.45) is 8.91. The Morgan fingerprint density at radius 2 is 1.87 bits per heavy atom. The van der Waals surface area contributed by atoms with Gasteiger partial charge in [0.15, 0.2) is 0 Å². The van der Waals surface area contributed by atoms with Crippen molar-refractivity contribution in [3.8, 4) is 0 Å². The zero-order valence-electron chi connectivity index (χ0n) is 9.60. The zero-order valence-corrected chi connectivity index (χ0v) is 9.60. The summed E-state index contributed by atoms with van der Waals surface area (Å²) in [6.45, 7) is 5.41. The fourth-order valence-corrected chi connectivity index (χ4v) is 5.35. The van der Waals surface area contributed by atoms with Crippen molar-refractivity contribution in [3.05, 3.63) is 0 Å². The number of nitrogens with zero attached hydrogens (tertiary/aromatic N) is 1. The Hall–Kier alpha value is -0.0800. The van der Waals surface area contributed by atoms with E-state index in [-0.39, 0.29) is 0 Å². The maximum absolute atomic E-state index is 3.68. The second kappa shape index (κ2) is 2.78. The van der Waals surface area contributed by atoms with E-state index in [0.717, 1.165) is 11.3 Å². The Balaban J connectivity index is 1.65. The first-order chi connectivity index (χ1) is 7.40. The van der Waals surface area contributed by atoms with Crippen molar-refractivity contribution in [3.63, 3.8) is 0 Å². The Morgan fingerprint density at radius 3 is 2.67 bits per heavy atom. The summed E-state index contributed by atoms with van der Waals surface area (Å²) in [6, 6.07) is 0. The third-order valence-corrected chi connectivity index (χ3v) is 5.89. The first kappa shape index (κ1) is 9.00. The van der Waals surface area contributed by atoms with Crippen molar-refractivity contribution >= 4 is 0 Å².